The molecule has 2 N–H and O–H groups in total. The molecule has 1 aliphatic rings. The number of amides is 1. The second-order valence-electron chi connectivity index (χ2n) is 7.13. The molecule has 0 saturated carbocycles. The van der Waals surface area contributed by atoms with Crippen LogP contribution in [0.25, 0.3) is 10.4 Å². The zero-order valence-corrected chi connectivity index (χ0v) is 18.8. The van der Waals surface area contributed by atoms with Gasteiger partial charge in [-0.15, -0.1) is 0 Å². The first-order valence-electron chi connectivity index (χ1n) is 10.1. The number of nitrogens with zero attached hydrogens (tertiary/aromatic N) is 3. The molecular weight excluding hydrogens is 440 g/mol. The maximum Gasteiger partial charge on any atom is 0.407 e. The molecule has 0 spiro atoms. The molecule has 1 aromatic carbocycles. The summed E-state index contributed by atoms with van der Waals surface area (Å²) in [6, 6.07) is 7.88. The molecule has 0 bridgehead atoms. The van der Waals surface area contributed by atoms with Gasteiger partial charge in [-0.25, -0.2) is 4.79 Å². The van der Waals surface area contributed by atoms with E-state index in [0.717, 1.165) is 5.56 Å². The van der Waals surface area contributed by atoms with Crippen molar-refractivity contribution in [1.82, 2.24) is 5.32 Å². The molecule has 1 saturated heterocycles. The fourth-order valence-electron chi connectivity index (χ4n) is 3.46. The van der Waals surface area contributed by atoms with E-state index in [0.29, 0.717) is 0 Å². The molecule has 5 atom stereocenters. The van der Waals surface area contributed by atoms with E-state index in [4.69, 9.17) is 38.7 Å². The Kier molecular flexibility index (Phi) is 11.3. The van der Waals surface area contributed by atoms with Gasteiger partial charge >= 0.3 is 6.09 Å². The third kappa shape index (κ3) is 7.52. The summed E-state index contributed by atoms with van der Waals surface area (Å²) in [4.78, 5) is 15.3. The number of rotatable bonds is 13. The molecule has 13 heteroatoms. The van der Waals surface area contributed by atoms with E-state index >= 15 is 0 Å². The minimum absolute atomic E-state index is 0.00959. The van der Waals surface area contributed by atoms with Crippen LogP contribution in [0.2, 0.25) is 0 Å². The first-order valence-corrected chi connectivity index (χ1v) is 10.1. The minimum atomic E-state index is -1.88. The van der Waals surface area contributed by atoms with Gasteiger partial charge in [-0.05, 0) is 11.1 Å². The Morgan fingerprint density at radius 3 is 2.52 bits per heavy atom. The van der Waals surface area contributed by atoms with Gasteiger partial charge in [-0.3, -0.25) is 0 Å². The number of alkyl carbamates (subject to hydrolysis) is 1. The number of azide groups is 1. The summed E-state index contributed by atoms with van der Waals surface area (Å²) in [5.41, 5.74) is 7.65. The number of carbonyl (C=O) groups is 1. The van der Waals surface area contributed by atoms with Gasteiger partial charge in [0, 0.05) is 26.2 Å². The van der Waals surface area contributed by atoms with E-state index in [1.54, 1.807) is 12.1 Å². The number of hydrogen-bond donors (Lipinski definition) is 2. The zero-order valence-electron chi connectivity index (χ0n) is 18.8. The smallest absolute Gasteiger partial charge is 0.407 e. The molecular formula is C20H30N4O9. The molecule has 0 aromatic heterocycles. The molecule has 1 heterocycles. The third-order valence-corrected chi connectivity index (χ3v) is 4.85. The van der Waals surface area contributed by atoms with Gasteiger partial charge in [0.2, 0.25) is 0 Å². The lowest BCUT2D eigenvalue weighted by atomic mass is 9.82. The van der Waals surface area contributed by atoms with Crippen molar-refractivity contribution in [2.75, 3.05) is 48.1 Å². The fourth-order valence-corrected chi connectivity index (χ4v) is 3.46. The normalized spacial score (nSPS) is 26.9. The van der Waals surface area contributed by atoms with Crippen LogP contribution in [0.1, 0.15) is 5.56 Å². The fraction of sp³-hybridized carbons (Fsp3) is 0.650. The second kappa shape index (κ2) is 13.9. The number of aliphatic hydroxyl groups is 1. The molecule has 184 valence electrons. The Morgan fingerprint density at radius 1 is 1.18 bits per heavy atom. The van der Waals surface area contributed by atoms with Gasteiger partial charge in [0.1, 0.15) is 37.9 Å². The van der Waals surface area contributed by atoms with Crippen LogP contribution in [0.5, 0.6) is 0 Å². The molecule has 1 aromatic rings. The van der Waals surface area contributed by atoms with Crippen molar-refractivity contribution in [3.8, 4) is 0 Å². The SMILES string of the molecule is COCOC1O[C@H](CN=[N+]=[N-])[C@H](OCOC)[C@@](O)(COC)[C@H]1NC(=O)OCc1ccccc1. The van der Waals surface area contributed by atoms with Crippen LogP contribution in [0, 0.1) is 0 Å². The average molecular weight is 470 g/mol. The highest BCUT2D eigenvalue weighted by Crippen LogP contribution is 2.34. The van der Waals surface area contributed by atoms with Gasteiger partial charge in [-0.1, -0.05) is 35.4 Å². The van der Waals surface area contributed by atoms with E-state index in [-0.39, 0.29) is 33.3 Å². The van der Waals surface area contributed by atoms with Crippen LogP contribution < -0.4 is 5.32 Å². The topological polar surface area (TPSA) is 163 Å². The lowest BCUT2D eigenvalue weighted by Gasteiger charge is -2.50. The molecule has 0 aliphatic carbocycles. The van der Waals surface area contributed by atoms with E-state index < -0.39 is 36.2 Å². The Balaban J connectivity index is 2.29. The highest BCUT2D eigenvalue weighted by atomic mass is 16.8. The predicted octanol–water partition coefficient (Wildman–Crippen LogP) is 1.30. The second-order valence-corrected chi connectivity index (χ2v) is 7.13. The molecule has 0 radical (unpaired) electrons. The summed E-state index contributed by atoms with van der Waals surface area (Å²) < 4.78 is 37.5. The zero-order chi connectivity index (χ0) is 24.1. The van der Waals surface area contributed by atoms with Gasteiger partial charge in [0.25, 0.3) is 0 Å². The monoisotopic (exact) mass is 470 g/mol. The van der Waals surface area contributed by atoms with Crippen molar-refractivity contribution >= 4 is 6.09 Å². The maximum absolute atomic E-state index is 12.6. The quantitative estimate of drug-likeness (QED) is 0.187. The molecule has 1 unspecified atom stereocenters. The Bertz CT molecular complexity index is 765. The van der Waals surface area contributed by atoms with Crippen molar-refractivity contribution in [3.63, 3.8) is 0 Å². The number of hydrogen-bond acceptors (Lipinski definition) is 10. The number of methoxy groups -OCH3 is 3. The van der Waals surface area contributed by atoms with Crippen molar-refractivity contribution in [2.45, 2.75) is 36.7 Å². The Labute approximate surface area is 191 Å². The molecule has 13 nitrogen and oxygen atoms in total. The Hall–Kier alpha value is -2.48. The van der Waals surface area contributed by atoms with Gasteiger partial charge in [0.15, 0.2) is 6.29 Å². The van der Waals surface area contributed by atoms with Gasteiger partial charge < -0.3 is 43.6 Å². The van der Waals surface area contributed by atoms with Crippen molar-refractivity contribution in [3.05, 3.63) is 46.3 Å². The summed E-state index contributed by atoms with van der Waals surface area (Å²) in [6.45, 7) is -0.872. The molecule has 33 heavy (non-hydrogen) atoms. The predicted molar refractivity (Wildman–Crippen MR) is 113 cm³/mol. The Morgan fingerprint density at radius 2 is 1.88 bits per heavy atom. The number of carbonyl (C=O) groups excluding carboxylic acids is 1. The summed E-state index contributed by atoms with van der Waals surface area (Å²) in [6.07, 6.45) is -4.11. The molecule has 1 aliphatic heterocycles. The minimum Gasteiger partial charge on any atom is -0.445 e. The summed E-state index contributed by atoms with van der Waals surface area (Å²) in [7, 11) is 4.18. The summed E-state index contributed by atoms with van der Waals surface area (Å²) in [5, 5.41) is 17.8. The van der Waals surface area contributed by atoms with Crippen molar-refractivity contribution in [1.29, 1.82) is 0 Å². The lowest BCUT2D eigenvalue weighted by Crippen LogP contribution is -2.74. The highest BCUT2D eigenvalue weighted by molar-refractivity contribution is 5.68. The summed E-state index contributed by atoms with van der Waals surface area (Å²) >= 11 is 0. The number of ether oxygens (including phenoxy) is 7. The van der Waals surface area contributed by atoms with E-state index in [1.165, 1.54) is 21.3 Å². The number of nitrogens with one attached hydrogen (secondary N) is 1. The lowest BCUT2D eigenvalue weighted by molar-refractivity contribution is -0.326. The highest BCUT2D eigenvalue weighted by Gasteiger charge is 2.58. The first-order chi connectivity index (χ1) is 16.0. The largest absolute Gasteiger partial charge is 0.445 e. The van der Waals surface area contributed by atoms with E-state index in [9.17, 15) is 9.90 Å². The van der Waals surface area contributed by atoms with Gasteiger partial charge in [0.05, 0.1) is 19.3 Å². The van der Waals surface area contributed by atoms with Crippen LogP contribution in [0.4, 0.5) is 4.79 Å². The van der Waals surface area contributed by atoms with Gasteiger partial charge in [-0.2, -0.15) is 0 Å². The van der Waals surface area contributed by atoms with Crippen molar-refractivity contribution < 1.29 is 43.1 Å². The van der Waals surface area contributed by atoms with Crippen LogP contribution in [0.15, 0.2) is 35.4 Å². The summed E-state index contributed by atoms with van der Waals surface area (Å²) in [5.74, 6) is 0. The van der Waals surface area contributed by atoms with Crippen molar-refractivity contribution in [2.24, 2.45) is 5.11 Å². The maximum atomic E-state index is 12.6. The standard InChI is InChI=1S/C20H30N4O9/c1-27-11-20(26)16(23-19(25)30-10-14-7-5-4-6-8-14)18(32-13-29-3)33-15(9-22-24-21)17(20)31-12-28-2/h4-8,15-18,26H,9-13H2,1-3H3,(H,23,25)/t15-,16+,17+,18?,20-/m1/s1. The molecule has 1 fully saturated rings. The molecule has 2 rings (SSSR count). The van der Waals surface area contributed by atoms with Crippen LogP contribution in [0.3, 0.4) is 0 Å². The van der Waals surface area contributed by atoms with E-state index in [2.05, 4.69) is 15.3 Å². The molecule has 1 amide bonds. The number of benzene rings is 1. The average Bonchev–Trinajstić information content (AvgIpc) is 2.82. The van der Waals surface area contributed by atoms with Crippen LogP contribution >= 0.6 is 0 Å². The van der Waals surface area contributed by atoms with E-state index in [1.807, 2.05) is 18.2 Å². The first kappa shape index (κ1) is 26.8. The third-order valence-electron chi connectivity index (χ3n) is 4.85. The van der Waals surface area contributed by atoms with Crippen LogP contribution in [-0.4, -0.2) is 89.4 Å². The van der Waals surface area contributed by atoms with Crippen LogP contribution in [-0.2, 0) is 39.8 Å².